The molecule has 0 heterocycles. The molecule has 0 spiro atoms. The summed E-state index contributed by atoms with van der Waals surface area (Å²) in [7, 11) is 0. The summed E-state index contributed by atoms with van der Waals surface area (Å²) >= 11 is 0. The molecule has 5 rings (SSSR count). The van der Waals surface area contributed by atoms with E-state index in [4.69, 9.17) is 0 Å². The van der Waals surface area contributed by atoms with Crippen LogP contribution in [0.15, 0.2) is 78.9 Å². The van der Waals surface area contributed by atoms with Crippen molar-refractivity contribution in [3.05, 3.63) is 113 Å². The van der Waals surface area contributed by atoms with Gasteiger partial charge in [0.15, 0.2) is 0 Å². The zero-order valence-electron chi connectivity index (χ0n) is 11.5. The van der Waals surface area contributed by atoms with Crippen molar-refractivity contribution in [3.8, 4) is 0 Å². The highest BCUT2D eigenvalue weighted by Crippen LogP contribution is 2.58. The molecule has 0 nitrogen and oxygen atoms in total. The first-order chi connectivity index (χ1) is 10.4. The Morgan fingerprint density at radius 2 is 0.952 bits per heavy atom. The third-order valence-electron chi connectivity index (χ3n) is 4.37. The van der Waals surface area contributed by atoms with Gasteiger partial charge in [-0.05, 0) is 39.0 Å². The monoisotopic (exact) mass is 265 g/mol. The Morgan fingerprint density at radius 3 is 1.52 bits per heavy atom. The van der Waals surface area contributed by atoms with E-state index in [9.17, 15) is 0 Å². The Morgan fingerprint density at radius 1 is 0.476 bits per heavy atom. The molecule has 2 aliphatic rings. The Balaban J connectivity index is 1.71. The van der Waals surface area contributed by atoms with Gasteiger partial charge in [0.2, 0.25) is 0 Å². The van der Waals surface area contributed by atoms with Crippen LogP contribution in [-0.2, 0) is 0 Å². The van der Waals surface area contributed by atoms with Gasteiger partial charge in [0.25, 0.3) is 0 Å². The molecule has 0 fully saturated rings. The van der Waals surface area contributed by atoms with E-state index >= 15 is 0 Å². The molecule has 0 bridgehead atoms. The SMILES string of the molecule is c1ccc(C([C]2c3ccccc32)=C2c3ccccc32)cc1. The van der Waals surface area contributed by atoms with Crippen molar-refractivity contribution in [1.82, 2.24) is 0 Å². The average Bonchev–Trinajstić information content (AvgIpc) is 3.45. The van der Waals surface area contributed by atoms with Crippen LogP contribution in [0, 0.1) is 5.92 Å². The van der Waals surface area contributed by atoms with Crippen LogP contribution in [0.2, 0.25) is 0 Å². The third kappa shape index (κ3) is 1.56. The topological polar surface area (TPSA) is 0 Å². The smallest absolute Gasteiger partial charge is 0.0622 e. The van der Waals surface area contributed by atoms with Crippen LogP contribution in [0.5, 0.6) is 0 Å². The van der Waals surface area contributed by atoms with Gasteiger partial charge in [-0.25, -0.2) is 0 Å². The average molecular weight is 265 g/mol. The van der Waals surface area contributed by atoms with Crippen LogP contribution in [0.4, 0.5) is 0 Å². The molecule has 0 saturated carbocycles. The van der Waals surface area contributed by atoms with E-state index in [2.05, 4.69) is 78.9 Å². The summed E-state index contributed by atoms with van der Waals surface area (Å²) in [6.07, 6.45) is 0. The highest BCUT2D eigenvalue weighted by molar-refractivity contribution is 6.19. The van der Waals surface area contributed by atoms with Crippen molar-refractivity contribution in [2.45, 2.75) is 0 Å². The van der Waals surface area contributed by atoms with E-state index in [0.29, 0.717) is 0 Å². The maximum Gasteiger partial charge on any atom is 0.0648 e. The van der Waals surface area contributed by atoms with E-state index in [1.54, 1.807) is 0 Å². The molecule has 0 amide bonds. The lowest BCUT2D eigenvalue weighted by molar-refractivity contribution is 1.56. The van der Waals surface area contributed by atoms with Crippen LogP contribution >= 0.6 is 0 Å². The highest BCUT2D eigenvalue weighted by atomic mass is 14.4. The molecule has 0 N–H and O–H groups in total. The minimum absolute atomic E-state index is 1.31. The van der Waals surface area contributed by atoms with Gasteiger partial charge >= 0.3 is 0 Å². The van der Waals surface area contributed by atoms with E-state index in [-0.39, 0.29) is 0 Å². The maximum absolute atomic E-state index is 2.22. The Labute approximate surface area is 124 Å². The summed E-state index contributed by atoms with van der Waals surface area (Å²) in [6, 6.07) is 28.1. The van der Waals surface area contributed by atoms with E-state index in [1.165, 1.54) is 44.9 Å². The van der Waals surface area contributed by atoms with Gasteiger partial charge in [-0.3, -0.25) is 0 Å². The van der Waals surface area contributed by atoms with E-state index < -0.39 is 0 Å². The van der Waals surface area contributed by atoms with E-state index in [1.807, 2.05) is 0 Å². The van der Waals surface area contributed by atoms with Gasteiger partial charge in [0, 0.05) is 0 Å². The second kappa shape index (κ2) is 3.95. The van der Waals surface area contributed by atoms with Crippen molar-refractivity contribution in [2.75, 3.05) is 0 Å². The first-order valence-corrected chi connectivity index (χ1v) is 7.32. The fourth-order valence-corrected chi connectivity index (χ4v) is 3.29. The zero-order valence-corrected chi connectivity index (χ0v) is 11.5. The number of rotatable bonds is 2. The predicted molar refractivity (Wildman–Crippen MR) is 86.7 cm³/mol. The molecule has 3 aromatic carbocycles. The van der Waals surface area contributed by atoms with Gasteiger partial charge in [-0.15, -0.1) is 0 Å². The van der Waals surface area contributed by atoms with Gasteiger partial charge in [0.05, 0.1) is 5.92 Å². The lowest BCUT2D eigenvalue weighted by Crippen LogP contribution is -1.87. The summed E-state index contributed by atoms with van der Waals surface area (Å²) in [6.45, 7) is 0. The summed E-state index contributed by atoms with van der Waals surface area (Å²) < 4.78 is 0. The molecule has 0 aliphatic heterocycles. The van der Waals surface area contributed by atoms with Crippen molar-refractivity contribution in [2.24, 2.45) is 0 Å². The van der Waals surface area contributed by atoms with Gasteiger partial charge in [0.1, 0.15) is 0 Å². The molecule has 1 radical (unpaired) electrons. The number of benzene rings is 3. The van der Waals surface area contributed by atoms with Gasteiger partial charge < -0.3 is 0 Å². The summed E-state index contributed by atoms with van der Waals surface area (Å²) in [5.74, 6) is 1.43. The molecule has 3 aromatic rings. The van der Waals surface area contributed by atoms with Crippen LogP contribution in [-0.4, -0.2) is 0 Å². The molecule has 0 saturated heterocycles. The zero-order chi connectivity index (χ0) is 13.8. The molecular weight excluding hydrogens is 252 g/mol. The Hall–Kier alpha value is -2.60. The quantitative estimate of drug-likeness (QED) is 0.481. The van der Waals surface area contributed by atoms with Crippen LogP contribution < -0.4 is 0 Å². The predicted octanol–water partition coefficient (Wildman–Crippen LogP) is 4.94. The van der Waals surface area contributed by atoms with Crippen LogP contribution in [0.3, 0.4) is 0 Å². The van der Waals surface area contributed by atoms with Crippen LogP contribution in [0.25, 0.3) is 11.1 Å². The standard InChI is InChI=1S/C21H13/c1-2-8-14(9-3-1)19(20-15-10-4-5-11-16(15)20)21-17-12-6-7-13-18(17)21/h1-13H. The molecule has 0 heteroatoms. The number of fused-ring (bicyclic) bond motifs is 2. The molecule has 21 heavy (non-hydrogen) atoms. The molecular formula is C21H13. The lowest BCUT2D eigenvalue weighted by atomic mass is 9.97. The van der Waals surface area contributed by atoms with Crippen molar-refractivity contribution in [3.63, 3.8) is 0 Å². The molecule has 2 aliphatic carbocycles. The highest BCUT2D eigenvalue weighted by Gasteiger charge is 2.41. The van der Waals surface area contributed by atoms with Crippen molar-refractivity contribution < 1.29 is 0 Å². The number of hydrogen-bond acceptors (Lipinski definition) is 0. The van der Waals surface area contributed by atoms with Crippen molar-refractivity contribution >= 4 is 11.1 Å². The largest absolute Gasteiger partial charge is 0.0648 e. The summed E-state index contributed by atoms with van der Waals surface area (Å²) in [5.41, 5.74) is 9.76. The fourth-order valence-electron chi connectivity index (χ4n) is 3.29. The second-order valence-corrected chi connectivity index (χ2v) is 5.58. The minimum atomic E-state index is 1.31. The van der Waals surface area contributed by atoms with Crippen LogP contribution in [0.1, 0.15) is 27.8 Å². The lowest BCUT2D eigenvalue weighted by Gasteiger charge is -2.05. The minimum Gasteiger partial charge on any atom is -0.0622 e. The number of allylic oxidation sites excluding steroid dienone is 1. The normalized spacial score (nSPS) is 14.4. The molecule has 97 valence electrons. The number of hydrogen-bond donors (Lipinski definition) is 0. The summed E-state index contributed by atoms with van der Waals surface area (Å²) in [5, 5.41) is 0. The molecule has 0 unspecified atom stereocenters. The first-order valence-electron chi connectivity index (χ1n) is 7.32. The van der Waals surface area contributed by atoms with Gasteiger partial charge in [-0.1, -0.05) is 78.9 Å². The molecule has 0 atom stereocenters. The third-order valence-corrected chi connectivity index (χ3v) is 4.37. The van der Waals surface area contributed by atoms with E-state index in [0.717, 1.165) is 0 Å². The fraction of sp³-hybridized carbons (Fsp3) is 0. The Kier molecular flexibility index (Phi) is 2.09. The van der Waals surface area contributed by atoms with Crippen molar-refractivity contribution in [1.29, 1.82) is 0 Å². The maximum atomic E-state index is 2.22. The summed E-state index contributed by atoms with van der Waals surface area (Å²) in [4.78, 5) is 0. The second-order valence-electron chi connectivity index (χ2n) is 5.58. The van der Waals surface area contributed by atoms with Gasteiger partial charge in [-0.2, -0.15) is 0 Å². The first kappa shape index (κ1) is 11.1. The Bertz CT molecular complexity index is 837. The molecule has 0 aromatic heterocycles.